The Morgan fingerprint density at radius 2 is 2.16 bits per heavy atom. The molecule has 3 aliphatic rings. The maximum absolute atomic E-state index is 12.7. The molecule has 2 saturated heterocycles. The molecule has 0 aromatic carbocycles. The molecule has 2 N–H and O–H groups in total. The zero-order chi connectivity index (χ0) is 17.6. The molecule has 1 aliphatic carbocycles. The number of nitrogens with zero attached hydrogens (tertiary/aromatic N) is 2. The Bertz CT molecular complexity index is 699. The van der Waals surface area contributed by atoms with Crippen molar-refractivity contribution in [3.05, 3.63) is 24.2 Å². The van der Waals surface area contributed by atoms with E-state index in [1.54, 1.807) is 17.0 Å². The Hall–Kier alpha value is -2.51. The van der Waals surface area contributed by atoms with Crippen LogP contribution in [0.15, 0.2) is 22.8 Å². The van der Waals surface area contributed by atoms with Crippen molar-refractivity contribution in [2.75, 3.05) is 26.2 Å². The van der Waals surface area contributed by atoms with Gasteiger partial charge in [0.15, 0.2) is 0 Å². The van der Waals surface area contributed by atoms with E-state index >= 15 is 0 Å². The lowest BCUT2D eigenvalue weighted by Gasteiger charge is -2.25. The van der Waals surface area contributed by atoms with Crippen molar-refractivity contribution >= 4 is 17.9 Å². The molecule has 3 amide bonds. The van der Waals surface area contributed by atoms with E-state index in [9.17, 15) is 19.5 Å². The van der Waals surface area contributed by atoms with E-state index < -0.39 is 17.3 Å². The van der Waals surface area contributed by atoms with Crippen molar-refractivity contribution in [3.8, 4) is 0 Å². The summed E-state index contributed by atoms with van der Waals surface area (Å²) in [6.07, 6.45) is 3.74. The second-order valence-electron chi connectivity index (χ2n) is 7.29. The fourth-order valence-corrected chi connectivity index (χ4v) is 3.92. The first-order valence-electron chi connectivity index (χ1n) is 8.57. The molecule has 0 bridgehead atoms. The number of carboxylic acid groups (broad SMARTS) is 1. The number of furan rings is 1. The summed E-state index contributed by atoms with van der Waals surface area (Å²) in [6, 6.07) is 3.11. The number of nitrogens with one attached hydrogen (secondary N) is 1. The van der Waals surface area contributed by atoms with E-state index in [0.717, 1.165) is 12.8 Å². The van der Waals surface area contributed by atoms with E-state index in [0.29, 0.717) is 18.2 Å². The molecular formula is C17H21N3O5. The van der Waals surface area contributed by atoms with Gasteiger partial charge in [-0.25, -0.2) is 4.79 Å². The van der Waals surface area contributed by atoms with Gasteiger partial charge >= 0.3 is 12.0 Å². The van der Waals surface area contributed by atoms with Gasteiger partial charge in [-0.3, -0.25) is 9.59 Å². The number of likely N-dealkylation sites (tertiary alicyclic amines) is 2. The van der Waals surface area contributed by atoms with Crippen molar-refractivity contribution in [3.63, 3.8) is 0 Å². The first-order valence-corrected chi connectivity index (χ1v) is 8.57. The molecule has 0 radical (unpaired) electrons. The highest BCUT2D eigenvalue weighted by atomic mass is 16.4. The van der Waals surface area contributed by atoms with Gasteiger partial charge in [0.05, 0.1) is 18.7 Å². The number of aliphatic carboxylic acids is 1. The summed E-state index contributed by atoms with van der Waals surface area (Å²) >= 11 is 0. The highest BCUT2D eigenvalue weighted by Gasteiger charge is 2.63. The molecule has 8 nitrogen and oxygen atoms in total. The van der Waals surface area contributed by atoms with Crippen molar-refractivity contribution < 1.29 is 23.9 Å². The van der Waals surface area contributed by atoms with Gasteiger partial charge in [-0.1, -0.05) is 0 Å². The van der Waals surface area contributed by atoms with Crippen LogP contribution in [0.4, 0.5) is 4.79 Å². The fourth-order valence-electron chi connectivity index (χ4n) is 3.92. The summed E-state index contributed by atoms with van der Waals surface area (Å²) in [5.74, 6) is -0.645. The third-order valence-electron chi connectivity index (χ3n) is 5.51. The molecule has 2 aliphatic heterocycles. The van der Waals surface area contributed by atoms with Crippen LogP contribution in [-0.4, -0.2) is 59.0 Å². The van der Waals surface area contributed by atoms with Crippen LogP contribution in [0.2, 0.25) is 0 Å². The monoisotopic (exact) mass is 347 g/mol. The number of rotatable bonds is 5. The number of amides is 3. The molecule has 25 heavy (non-hydrogen) atoms. The van der Waals surface area contributed by atoms with Crippen molar-refractivity contribution in [1.29, 1.82) is 0 Å². The Balaban J connectivity index is 1.44. The number of carbonyl (C=O) groups is 3. The van der Waals surface area contributed by atoms with Gasteiger partial charge in [0.25, 0.3) is 0 Å². The smallest absolute Gasteiger partial charge is 0.317 e. The fraction of sp³-hybridized carbons (Fsp3) is 0.588. The third-order valence-corrected chi connectivity index (χ3v) is 5.51. The van der Waals surface area contributed by atoms with E-state index in [1.165, 1.54) is 11.2 Å². The summed E-state index contributed by atoms with van der Waals surface area (Å²) < 4.78 is 5.17. The second-order valence-corrected chi connectivity index (χ2v) is 7.29. The molecule has 1 saturated carbocycles. The van der Waals surface area contributed by atoms with Crippen LogP contribution in [-0.2, 0) is 16.1 Å². The van der Waals surface area contributed by atoms with Gasteiger partial charge in [-0.2, -0.15) is 0 Å². The number of fused-ring (bicyclic) bond motifs is 1. The summed E-state index contributed by atoms with van der Waals surface area (Å²) in [4.78, 5) is 40.1. The quantitative estimate of drug-likeness (QED) is 0.818. The van der Waals surface area contributed by atoms with E-state index in [2.05, 4.69) is 5.32 Å². The van der Waals surface area contributed by atoms with Crippen LogP contribution in [0.5, 0.6) is 0 Å². The van der Waals surface area contributed by atoms with Crippen LogP contribution in [0.25, 0.3) is 0 Å². The summed E-state index contributed by atoms with van der Waals surface area (Å²) in [5.41, 5.74) is -1.19. The van der Waals surface area contributed by atoms with Crippen LogP contribution < -0.4 is 5.32 Å². The lowest BCUT2D eigenvalue weighted by molar-refractivity contribution is -0.149. The Morgan fingerprint density at radius 3 is 2.76 bits per heavy atom. The third kappa shape index (κ3) is 2.75. The highest BCUT2D eigenvalue weighted by Crippen LogP contribution is 2.45. The number of carboxylic acids is 1. The van der Waals surface area contributed by atoms with E-state index in [1.807, 2.05) is 0 Å². The standard InChI is InChI=1S/C17H21N3O5/c21-14-13-8-20(16(24)18-6-12-2-1-5-25-12)10-17(13,15(22)23)9-19(14)7-11-3-4-11/h1-2,5,11,13H,3-4,6-10H2,(H,18,24)(H,22,23)/t13-,17+/m0/s1. The molecular weight excluding hydrogens is 326 g/mol. The summed E-state index contributed by atoms with van der Waals surface area (Å²) in [6.45, 7) is 1.29. The van der Waals surface area contributed by atoms with Gasteiger partial charge in [0.1, 0.15) is 11.2 Å². The maximum atomic E-state index is 12.7. The molecule has 134 valence electrons. The minimum Gasteiger partial charge on any atom is -0.481 e. The van der Waals surface area contributed by atoms with Gasteiger partial charge in [-0.05, 0) is 30.9 Å². The minimum absolute atomic E-state index is 0.0594. The molecule has 1 aromatic rings. The summed E-state index contributed by atoms with van der Waals surface area (Å²) in [5, 5.41) is 12.5. The average Bonchev–Trinajstić information content (AvgIpc) is 3.00. The lowest BCUT2D eigenvalue weighted by atomic mass is 9.81. The number of hydrogen-bond acceptors (Lipinski definition) is 4. The van der Waals surface area contributed by atoms with Gasteiger partial charge in [0, 0.05) is 26.2 Å². The zero-order valence-corrected chi connectivity index (χ0v) is 13.8. The van der Waals surface area contributed by atoms with Crippen molar-refractivity contribution in [1.82, 2.24) is 15.1 Å². The molecule has 2 atom stereocenters. The van der Waals surface area contributed by atoms with E-state index in [-0.39, 0.29) is 38.1 Å². The predicted octanol–water partition coefficient (Wildman–Crippen LogP) is 0.744. The molecule has 8 heteroatoms. The summed E-state index contributed by atoms with van der Waals surface area (Å²) in [7, 11) is 0. The minimum atomic E-state index is -1.19. The number of urea groups is 1. The topological polar surface area (TPSA) is 103 Å². The largest absolute Gasteiger partial charge is 0.481 e. The van der Waals surface area contributed by atoms with Crippen LogP contribution >= 0.6 is 0 Å². The van der Waals surface area contributed by atoms with Gasteiger partial charge < -0.3 is 24.6 Å². The number of carbonyl (C=O) groups excluding carboxylic acids is 2. The van der Waals surface area contributed by atoms with Crippen LogP contribution in [0.3, 0.4) is 0 Å². The molecule has 3 heterocycles. The lowest BCUT2D eigenvalue weighted by Crippen LogP contribution is -2.44. The molecule has 1 aromatic heterocycles. The second kappa shape index (κ2) is 5.79. The van der Waals surface area contributed by atoms with Crippen molar-refractivity contribution in [2.24, 2.45) is 17.3 Å². The van der Waals surface area contributed by atoms with Crippen LogP contribution in [0.1, 0.15) is 18.6 Å². The maximum Gasteiger partial charge on any atom is 0.317 e. The van der Waals surface area contributed by atoms with Gasteiger partial charge in [0.2, 0.25) is 5.91 Å². The van der Waals surface area contributed by atoms with Crippen LogP contribution in [0, 0.1) is 17.3 Å². The SMILES string of the molecule is O=C(NCc1ccco1)N1C[C@H]2C(=O)N(CC3CC3)C[C@@]2(C(=O)O)C1. The Morgan fingerprint density at radius 1 is 1.36 bits per heavy atom. The normalized spacial score (nSPS) is 28.3. The number of hydrogen-bond donors (Lipinski definition) is 2. The molecule has 0 unspecified atom stereocenters. The van der Waals surface area contributed by atoms with Gasteiger partial charge in [-0.15, -0.1) is 0 Å². The first-order chi connectivity index (χ1) is 12.0. The average molecular weight is 347 g/mol. The Kier molecular flexibility index (Phi) is 3.70. The predicted molar refractivity (Wildman–Crippen MR) is 85.4 cm³/mol. The van der Waals surface area contributed by atoms with Crippen molar-refractivity contribution in [2.45, 2.75) is 19.4 Å². The van der Waals surface area contributed by atoms with E-state index in [4.69, 9.17) is 4.42 Å². The molecule has 0 spiro atoms. The zero-order valence-electron chi connectivity index (χ0n) is 13.8. The Labute approximate surface area is 144 Å². The molecule has 4 rings (SSSR count). The molecule has 3 fully saturated rings. The first kappa shape index (κ1) is 16.0. The highest BCUT2D eigenvalue weighted by molar-refractivity contribution is 5.93.